The summed E-state index contributed by atoms with van der Waals surface area (Å²) in [6.45, 7) is 0.878. The zero-order valence-electron chi connectivity index (χ0n) is 17.5. The van der Waals surface area contributed by atoms with E-state index in [9.17, 15) is 15.3 Å². The van der Waals surface area contributed by atoms with E-state index in [1.165, 1.54) is 28.4 Å². The number of ether oxygens (including phenoxy) is 5. The van der Waals surface area contributed by atoms with E-state index in [4.69, 9.17) is 23.7 Å². The molecule has 0 unspecified atom stereocenters. The number of hydrogen-bond acceptors (Lipinski definition) is 8. The second-order valence-electron chi connectivity index (χ2n) is 7.23. The lowest BCUT2D eigenvalue weighted by atomic mass is 9.83. The van der Waals surface area contributed by atoms with Crippen LogP contribution in [-0.4, -0.2) is 57.0 Å². The Morgan fingerprint density at radius 2 is 1.30 bits per heavy atom. The van der Waals surface area contributed by atoms with Gasteiger partial charge in [-0.3, -0.25) is 0 Å². The highest BCUT2D eigenvalue weighted by Crippen LogP contribution is 2.43. The molecule has 3 atom stereocenters. The van der Waals surface area contributed by atoms with Crippen LogP contribution in [0.1, 0.15) is 17.2 Å². The molecule has 8 nitrogen and oxygen atoms in total. The highest BCUT2D eigenvalue weighted by Gasteiger charge is 2.35. The second kappa shape index (κ2) is 9.32. The maximum Gasteiger partial charge on any atom is 0.200 e. The van der Waals surface area contributed by atoms with E-state index in [1.807, 2.05) is 0 Å². The van der Waals surface area contributed by atoms with Crippen LogP contribution in [-0.2, 0) is 11.2 Å². The first-order valence-electron chi connectivity index (χ1n) is 9.58. The summed E-state index contributed by atoms with van der Waals surface area (Å²) in [4.78, 5) is 0. The SMILES string of the molecule is COc1cc(C[C@H]2COC[C@@H]2[C@@H](O)c2cc(OC)c(O)c(OC)c2)cc(OC)c1O. The normalized spacial score (nSPS) is 19.4. The maximum atomic E-state index is 11.1. The van der Waals surface area contributed by atoms with Crippen molar-refractivity contribution in [2.45, 2.75) is 12.5 Å². The van der Waals surface area contributed by atoms with Gasteiger partial charge < -0.3 is 39.0 Å². The van der Waals surface area contributed by atoms with Crippen LogP contribution in [0, 0.1) is 11.8 Å². The molecular weight excluding hydrogens is 392 g/mol. The minimum absolute atomic E-state index is 0.0183. The molecule has 164 valence electrons. The number of aliphatic hydroxyl groups excluding tert-OH is 1. The average molecular weight is 420 g/mol. The first-order valence-corrected chi connectivity index (χ1v) is 9.58. The molecule has 0 bridgehead atoms. The number of methoxy groups -OCH3 is 4. The number of phenolic OH excluding ortho intramolecular Hbond substituents is 2. The lowest BCUT2D eigenvalue weighted by molar-refractivity contribution is 0.0807. The van der Waals surface area contributed by atoms with Gasteiger partial charge in [0, 0.05) is 5.92 Å². The first-order chi connectivity index (χ1) is 14.4. The van der Waals surface area contributed by atoms with E-state index in [2.05, 4.69) is 0 Å². The average Bonchev–Trinajstić information content (AvgIpc) is 3.22. The molecule has 0 radical (unpaired) electrons. The Hall–Kier alpha value is -2.84. The van der Waals surface area contributed by atoms with Crippen molar-refractivity contribution in [3.8, 4) is 34.5 Å². The smallest absolute Gasteiger partial charge is 0.200 e. The molecule has 1 aliphatic heterocycles. The van der Waals surface area contributed by atoms with Gasteiger partial charge in [0.1, 0.15) is 0 Å². The Balaban J connectivity index is 1.86. The third kappa shape index (κ3) is 4.20. The van der Waals surface area contributed by atoms with E-state index < -0.39 is 6.10 Å². The Kier molecular flexibility index (Phi) is 6.79. The van der Waals surface area contributed by atoms with Crippen molar-refractivity contribution in [3.05, 3.63) is 35.4 Å². The van der Waals surface area contributed by atoms with E-state index in [0.717, 1.165) is 5.56 Å². The third-order valence-corrected chi connectivity index (χ3v) is 5.53. The van der Waals surface area contributed by atoms with Crippen molar-refractivity contribution in [1.29, 1.82) is 0 Å². The molecule has 1 saturated heterocycles. The van der Waals surface area contributed by atoms with Gasteiger partial charge in [-0.2, -0.15) is 0 Å². The van der Waals surface area contributed by atoms with E-state index in [1.54, 1.807) is 24.3 Å². The summed E-state index contributed by atoms with van der Waals surface area (Å²) >= 11 is 0. The number of hydrogen-bond donors (Lipinski definition) is 3. The molecule has 1 heterocycles. The molecule has 8 heteroatoms. The van der Waals surface area contributed by atoms with Crippen LogP contribution in [0.5, 0.6) is 34.5 Å². The number of aromatic hydroxyl groups is 2. The molecule has 0 aromatic heterocycles. The summed E-state index contributed by atoms with van der Waals surface area (Å²) in [5.74, 6) is 0.782. The van der Waals surface area contributed by atoms with E-state index in [0.29, 0.717) is 36.7 Å². The van der Waals surface area contributed by atoms with Crippen molar-refractivity contribution >= 4 is 0 Å². The zero-order valence-corrected chi connectivity index (χ0v) is 17.5. The van der Waals surface area contributed by atoms with Crippen LogP contribution in [0.25, 0.3) is 0 Å². The summed E-state index contributed by atoms with van der Waals surface area (Å²) in [6, 6.07) is 6.72. The number of phenols is 2. The van der Waals surface area contributed by atoms with E-state index in [-0.39, 0.29) is 34.8 Å². The fourth-order valence-corrected chi connectivity index (χ4v) is 3.87. The molecule has 1 aliphatic rings. The van der Waals surface area contributed by atoms with Gasteiger partial charge in [-0.05, 0) is 47.7 Å². The lowest BCUT2D eigenvalue weighted by Gasteiger charge is -2.25. The van der Waals surface area contributed by atoms with Crippen LogP contribution in [0.2, 0.25) is 0 Å². The van der Waals surface area contributed by atoms with Gasteiger partial charge in [-0.25, -0.2) is 0 Å². The Labute approximate surface area is 175 Å². The minimum atomic E-state index is -0.846. The topological polar surface area (TPSA) is 107 Å². The number of aliphatic hydroxyl groups is 1. The summed E-state index contributed by atoms with van der Waals surface area (Å²) in [5.41, 5.74) is 1.47. The number of rotatable bonds is 8. The molecule has 0 amide bonds. The molecule has 0 spiro atoms. The number of benzene rings is 2. The monoisotopic (exact) mass is 420 g/mol. The van der Waals surface area contributed by atoms with E-state index >= 15 is 0 Å². The fraction of sp³-hybridized carbons (Fsp3) is 0.455. The highest BCUT2D eigenvalue weighted by molar-refractivity contribution is 5.54. The van der Waals surface area contributed by atoms with Crippen molar-refractivity contribution in [3.63, 3.8) is 0 Å². The molecule has 2 aromatic rings. The van der Waals surface area contributed by atoms with Gasteiger partial charge >= 0.3 is 0 Å². The third-order valence-electron chi connectivity index (χ3n) is 5.53. The summed E-state index contributed by atoms with van der Waals surface area (Å²) < 4.78 is 26.6. The van der Waals surface area contributed by atoms with Crippen molar-refractivity contribution in [2.75, 3.05) is 41.7 Å². The van der Waals surface area contributed by atoms with Gasteiger partial charge in [-0.1, -0.05) is 0 Å². The first kappa shape index (κ1) is 21.9. The Morgan fingerprint density at radius 3 is 1.77 bits per heavy atom. The van der Waals surface area contributed by atoms with Crippen molar-refractivity contribution < 1.29 is 39.0 Å². The van der Waals surface area contributed by atoms with Gasteiger partial charge in [0.15, 0.2) is 23.0 Å². The van der Waals surface area contributed by atoms with Gasteiger partial charge in [-0.15, -0.1) is 0 Å². The highest BCUT2D eigenvalue weighted by atomic mass is 16.5. The van der Waals surface area contributed by atoms with Crippen LogP contribution in [0.3, 0.4) is 0 Å². The molecule has 1 fully saturated rings. The second-order valence-corrected chi connectivity index (χ2v) is 7.23. The minimum Gasteiger partial charge on any atom is -0.502 e. The van der Waals surface area contributed by atoms with Crippen LogP contribution in [0.15, 0.2) is 24.3 Å². The van der Waals surface area contributed by atoms with Crippen LogP contribution >= 0.6 is 0 Å². The predicted octanol–water partition coefficient (Wildman–Crippen LogP) is 2.67. The van der Waals surface area contributed by atoms with Gasteiger partial charge in [0.05, 0.1) is 47.8 Å². The predicted molar refractivity (Wildman–Crippen MR) is 109 cm³/mol. The van der Waals surface area contributed by atoms with Crippen LogP contribution < -0.4 is 18.9 Å². The quantitative estimate of drug-likeness (QED) is 0.598. The molecule has 0 aliphatic carbocycles. The van der Waals surface area contributed by atoms with Crippen LogP contribution in [0.4, 0.5) is 0 Å². The van der Waals surface area contributed by atoms with Gasteiger partial charge in [0.2, 0.25) is 11.5 Å². The standard InChI is InChI=1S/C22H28O8/c1-26-16-6-12(7-17(27-2)21(16)24)5-14-10-30-11-15(14)20(23)13-8-18(28-3)22(25)19(9-13)29-4/h6-9,14-15,20,23-25H,5,10-11H2,1-4H3/t14-,15-,20-/m0/s1. The molecule has 3 N–H and O–H groups in total. The summed E-state index contributed by atoms with van der Waals surface area (Å²) in [7, 11) is 5.85. The maximum absolute atomic E-state index is 11.1. The molecule has 0 saturated carbocycles. The summed E-state index contributed by atoms with van der Waals surface area (Å²) in [6.07, 6.45) is -0.247. The summed E-state index contributed by atoms with van der Waals surface area (Å²) in [5, 5.41) is 31.3. The van der Waals surface area contributed by atoms with Crippen molar-refractivity contribution in [2.24, 2.45) is 11.8 Å². The largest absolute Gasteiger partial charge is 0.502 e. The molecule has 3 rings (SSSR count). The lowest BCUT2D eigenvalue weighted by Crippen LogP contribution is -2.22. The van der Waals surface area contributed by atoms with Crippen molar-refractivity contribution in [1.82, 2.24) is 0 Å². The Bertz CT molecular complexity index is 831. The molecule has 30 heavy (non-hydrogen) atoms. The zero-order chi connectivity index (χ0) is 21.8. The fourth-order valence-electron chi connectivity index (χ4n) is 3.87. The molecular formula is C22H28O8. The Morgan fingerprint density at radius 1 is 0.833 bits per heavy atom. The van der Waals surface area contributed by atoms with Gasteiger partial charge in [0.25, 0.3) is 0 Å². The molecule has 2 aromatic carbocycles.